The van der Waals surface area contributed by atoms with Gasteiger partial charge in [-0.1, -0.05) is 60.7 Å². The minimum Gasteiger partial charge on any atom is -0.451 e. The summed E-state index contributed by atoms with van der Waals surface area (Å²) in [7, 11) is 0. The van der Waals surface area contributed by atoms with Crippen LogP contribution in [0.5, 0.6) is 0 Å². The zero-order chi connectivity index (χ0) is 27.7. The van der Waals surface area contributed by atoms with Gasteiger partial charge in [0.05, 0.1) is 12.4 Å². The van der Waals surface area contributed by atoms with Crippen LogP contribution in [0, 0.1) is 0 Å². The van der Waals surface area contributed by atoms with Crippen molar-refractivity contribution in [2.24, 2.45) is 5.73 Å². The Morgan fingerprint density at radius 2 is 1.74 bits per heavy atom. The molecule has 5 rings (SSSR count). The lowest BCUT2D eigenvalue weighted by Crippen LogP contribution is -2.41. The molecule has 4 atom stereocenters. The van der Waals surface area contributed by atoms with E-state index in [-0.39, 0.29) is 23.3 Å². The van der Waals surface area contributed by atoms with Gasteiger partial charge in [-0.2, -0.15) is 23.1 Å². The van der Waals surface area contributed by atoms with Gasteiger partial charge in [0, 0.05) is 18.5 Å². The van der Waals surface area contributed by atoms with Crippen molar-refractivity contribution in [1.82, 2.24) is 19.5 Å². The number of nitrogens with zero attached hydrogens (tertiary/aromatic N) is 4. The summed E-state index contributed by atoms with van der Waals surface area (Å²) in [6.45, 7) is 0.419. The summed E-state index contributed by atoms with van der Waals surface area (Å²) in [6.07, 6.45) is -6.98. The van der Waals surface area contributed by atoms with Crippen LogP contribution in [0.1, 0.15) is 29.5 Å². The van der Waals surface area contributed by atoms with Crippen LogP contribution in [0.2, 0.25) is 5.28 Å². The minimum absolute atomic E-state index is 0.0108. The lowest BCUT2D eigenvalue weighted by atomic mass is 9.91. The molecule has 0 radical (unpaired) electrons. The molecule has 1 saturated carbocycles. The van der Waals surface area contributed by atoms with Gasteiger partial charge in [0.15, 0.2) is 23.1 Å². The van der Waals surface area contributed by atoms with Gasteiger partial charge in [-0.25, -0.2) is 9.78 Å². The number of hydrogen-bond acceptors (Lipinski definition) is 8. The molecule has 9 nitrogen and oxygen atoms in total. The maximum atomic E-state index is 12.9. The Hall–Kier alpha value is -3.74. The van der Waals surface area contributed by atoms with E-state index >= 15 is 0 Å². The molecule has 2 aromatic carbocycles. The molecule has 2 heterocycles. The average molecular weight is 561 g/mol. The number of esters is 1. The molecule has 4 aromatic rings. The Kier molecular flexibility index (Phi) is 7.43. The summed E-state index contributed by atoms with van der Waals surface area (Å²) < 4.78 is 44.7. The number of ether oxygens (including phenoxy) is 1. The van der Waals surface area contributed by atoms with Crippen molar-refractivity contribution >= 4 is 34.6 Å². The second-order valence-electron chi connectivity index (χ2n) is 9.25. The molecule has 1 aliphatic rings. The van der Waals surface area contributed by atoms with Crippen LogP contribution < -0.4 is 11.1 Å². The summed E-state index contributed by atoms with van der Waals surface area (Å²) >= 11 is 6.24. The Morgan fingerprint density at radius 1 is 1.13 bits per heavy atom. The average Bonchev–Trinajstić information content (AvgIpc) is 3.45. The molecule has 2 aromatic heterocycles. The van der Waals surface area contributed by atoms with Crippen LogP contribution in [0.25, 0.3) is 11.2 Å². The molecular weight excluding hydrogens is 537 g/mol. The predicted molar refractivity (Wildman–Crippen MR) is 137 cm³/mol. The number of nitrogens with one attached hydrogen (secondary N) is 1. The first-order chi connectivity index (χ1) is 18.6. The third-order valence-corrected chi connectivity index (χ3v) is 6.94. The van der Waals surface area contributed by atoms with Gasteiger partial charge in [0.25, 0.3) is 0 Å². The third kappa shape index (κ3) is 5.54. The van der Waals surface area contributed by atoms with Gasteiger partial charge >= 0.3 is 12.1 Å². The summed E-state index contributed by atoms with van der Waals surface area (Å²) in [5.41, 5.74) is 8.55. The number of nitrogens with two attached hydrogens (primary N) is 1. The topological polar surface area (TPSA) is 128 Å². The Labute approximate surface area is 225 Å². The number of rotatable bonds is 7. The van der Waals surface area contributed by atoms with E-state index in [4.69, 9.17) is 17.3 Å². The van der Waals surface area contributed by atoms with E-state index in [0.29, 0.717) is 17.9 Å². The second-order valence-corrected chi connectivity index (χ2v) is 9.58. The van der Waals surface area contributed by atoms with Gasteiger partial charge in [-0.3, -0.25) is 0 Å². The minimum atomic E-state index is -5.23. The number of carbonyl (C=O) groups excluding carboxylic acids is 1. The molecule has 39 heavy (non-hydrogen) atoms. The highest BCUT2D eigenvalue weighted by Gasteiger charge is 2.50. The van der Waals surface area contributed by atoms with Crippen molar-refractivity contribution in [2.45, 2.75) is 42.8 Å². The molecule has 0 aliphatic heterocycles. The first-order valence-electron chi connectivity index (χ1n) is 12.1. The summed E-state index contributed by atoms with van der Waals surface area (Å²) in [4.78, 5) is 24.4. The van der Waals surface area contributed by atoms with Gasteiger partial charge in [-0.15, -0.1) is 0 Å². The van der Waals surface area contributed by atoms with Crippen molar-refractivity contribution in [3.8, 4) is 0 Å². The van der Waals surface area contributed by atoms with E-state index in [1.807, 2.05) is 60.7 Å². The Bertz CT molecular complexity index is 1410. The molecule has 13 heteroatoms. The van der Waals surface area contributed by atoms with Crippen LogP contribution >= 0.6 is 11.6 Å². The lowest BCUT2D eigenvalue weighted by Gasteiger charge is -2.24. The molecule has 4 N–H and O–H groups in total. The van der Waals surface area contributed by atoms with Crippen LogP contribution in [0.3, 0.4) is 0 Å². The van der Waals surface area contributed by atoms with E-state index in [1.54, 1.807) is 0 Å². The number of imidazole rings is 1. The summed E-state index contributed by atoms with van der Waals surface area (Å²) in [5, 5.41) is 13.6. The fraction of sp³-hybridized carbons (Fsp3) is 0.308. The van der Waals surface area contributed by atoms with Crippen molar-refractivity contribution < 1.29 is 27.8 Å². The van der Waals surface area contributed by atoms with Crippen molar-refractivity contribution in [2.75, 3.05) is 11.9 Å². The van der Waals surface area contributed by atoms with Crippen molar-refractivity contribution in [3.05, 3.63) is 83.4 Å². The number of halogens is 4. The van der Waals surface area contributed by atoms with Gasteiger partial charge < -0.3 is 25.5 Å². The van der Waals surface area contributed by atoms with E-state index in [0.717, 1.165) is 11.1 Å². The number of benzene rings is 2. The number of hydrogen-bond donors (Lipinski definition) is 3. The van der Waals surface area contributed by atoms with Gasteiger partial charge in [0.1, 0.15) is 6.10 Å². The van der Waals surface area contributed by atoms with Gasteiger partial charge in [-0.05, 0) is 29.1 Å². The fourth-order valence-corrected chi connectivity index (χ4v) is 5.05. The van der Waals surface area contributed by atoms with Crippen LogP contribution in [0.4, 0.5) is 19.0 Å². The SMILES string of the molecule is NC1C[C@@H](n2cnc3c(NCC(c4ccccc4)c4ccccc4)nc(Cl)nc32)[C@H](OC(=O)C(F)(F)F)C1O. The monoisotopic (exact) mass is 560 g/mol. The van der Waals surface area contributed by atoms with E-state index in [1.165, 1.54) is 10.9 Å². The number of fused-ring (bicyclic) bond motifs is 1. The highest BCUT2D eigenvalue weighted by molar-refractivity contribution is 6.28. The Morgan fingerprint density at radius 3 is 2.33 bits per heavy atom. The van der Waals surface area contributed by atoms with E-state index in [9.17, 15) is 23.1 Å². The molecule has 0 amide bonds. The highest BCUT2D eigenvalue weighted by atomic mass is 35.5. The third-order valence-electron chi connectivity index (χ3n) is 6.77. The standard InChI is InChI=1S/C26H24ClF3N6O3/c27-25-34-22(32-12-16(14-7-3-1-4-8-14)15-9-5-2-6-10-15)19-23(35-25)36(13-33-19)18-11-17(31)20(37)21(18)39-24(38)26(28,29)30/h1-10,13,16-18,20-21,37H,11-12,31H2,(H,32,34,35)/t17?,18-,20?,21+/m1/s1. The van der Waals surface area contributed by atoms with Crippen LogP contribution in [-0.4, -0.2) is 61.6 Å². The molecular formula is C26H24ClF3N6O3. The predicted octanol–water partition coefficient (Wildman–Crippen LogP) is 3.83. The number of aliphatic hydroxyl groups is 1. The number of carbonyl (C=O) groups is 1. The smallest absolute Gasteiger partial charge is 0.451 e. The largest absolute Gasteiger partial charge is 0.490 e. The fourth-order valence-electron chi connectivity index (χ4n) is 4.89. The number of alkyl halides is 3. The normalized spacial score (nSPS) is 21.4. The first-order valence-corrected chi connectivity index (χ1v) is 12.5. The van der Waals surface area contributed by atoms with Crippen molar-refractivity contribution in [3.63, 3.8) is 0 Å². The maximum Gasteiger partial charge on any atom is 0.490 e. The van der Waals surface area contributed by atoms with E-state index < -0.39 is 36.4 Å². The van der Waals surface area contributed by atoms with Gasteiger partial charge in [0.2, 0.25) is 5.28 Å². The zero-order valence-corrected chi connectivity index (χ0v) is 21.0. The second kappa shape index (κ2) is 10.8. The lowest BCUT2D eigenvalue weighted by molar-refractivity contribution is -0.209. The number of aliphatic hydroxyl groups excluding tert-OH is 1. The number of aromatic nitrogens is 4. The van der Waals surface area contributed by atoms with Crippen LogP contribution in [0.15, 0.2) is 67.0 Å². The van der Waals surface area contributed by atoms with E-state index in [2.05, 4.69) is 25.0 Å². The first kappa shape index (κ1) is 26.9. The molecule has 204 valence electrons. The number of anilines is 1. The van der Waals surface area contributed by atoms with Crippen molar-refractivity contribution in [1.29, 1.82) is 0 Å². The molecule has 1 fully saturated rings. The molecule has 0 bridgehead atoms. The Balaban J connectivity index is 1.46. The maximum absolute atomic E-state index is 12.9. The quantitative estimate of drug-likeness (QED) is 0.230. The van der Waals surface area contributed by atoms with Crippen LogP contribution in [-0.2, 0) is 9.53 Å². The zero-order valence-electron chi connectivity index (χ0n) is 20.3. The molecule has 1 aliphatic carbocycles. The molecule has 0 spiro atoms. The highest BCUT2D eigenvalue weighted by Crippen LogP contribution is 2.37. The summed E-state index contributed by atoms with van der Waals surface area (Å²) in [6, 6.07) is 17.9. The molecule has 0 saturated heterocycles. The summed E-state index contributed by atoms with van der Waals surface area (Å²) in [5.74, 6) is -2.15. The molecule has 2 unspecified atom stereocenters.